The molecule has 0 bridgehead atoms. The van der Waals surface area contributed by atoms with Gasteiger partial charge >= 0.3 is 0 Å². The Bertz CT molecular complexity index is 3970. The van der Waals surface area contributed by atoms with Gasteiger partial charge in [-0.2, -0.15) is 0 Å². The number of fused-ring (bicyclic) bond motifs is 4. The summed E-state index contributed by atoms with van der Waals surface area (Å²) in [6.45, 7) is 4.10. The van der Waals surface area contributed by atoms with Crippen molar-refractivity contribution in [2.24, 2.45) is 0 Å². The molecule has 0 saturated heterocycles. The van der Waals surface area contributed by atoms with Crippen LogP contribution < -0.4 is 9.30 Å². The summed E-state index contributed by atoms with van der Waals surface area (Å²) in [5.41, 5.74) is 6.64. The quantitative estimate of drug-likeness (QED) is 0.0961. The van der Waals surface area contributed by atoms with Gasteiger partial charge in [-0.3, -0.25) is 13.7 Å². The van der Waals surface area contributed by atoms with E-state index >= 15 is 0 Å². The first-order valence-corrected chi connectivity index (χ1v) is 21.3. The number of aromatic nitrogens is 4. The van der Waals surface area contributed by atoms with Crippen LogP contribution in [0.5, 0.6) is 11.5 Å². The molecule has 5 heteroatoms. The highest BCUT2D eigenvalue weighted by Crippen LogP contribution is 2.39. The number of pyridine rings is 1. The maximum atomic E-state index is 9.66. The van der Waals surface area contributed by atoms with Crippen LogP contribution in [0.15, 0.2) is 212 Å². The van der Waals surface area contributed by atoms with E-state index in [4.69, 9.17) is 23.4 Å². The standard InChI is InChI=1S/C59H46N4O/c1-3-41(4-2)52-38-58(60-39-53(52)44-24-12-7-13-25-44)63-54-31-15-14-28-50(54)51-35-34-47(37-57(51)63)64-46-27-18-26-45(36-46)61-40-62(56-33-17-16-32-55(56)61)59-48(42-20-8-5-9-21-42)29-19-30-49(59)43-22-10-6-11-23-43/h5-39,41H,3-4H2,1-2H3/i5D,6D,8D,9D,10D,11D,20D,21D,22D,23D,41D. The molecule has 3 aromatic heterocycles. The fourth-order valence-corrected chi connectivity index (χ4v) is 8.80. The Morgan fingerprint density at radius 2 is 1.23 bits per heavy atom. The Hall–Kier alpha value is -8.02. The molecular formula is C59H46N4O. The fraction of sp³-hybridized carbons (Fsp3) is 0.0847. The molecular weight excluding hydrogens is 781 g/mol. The van der Waals surface area contributed by atoms with Gasteiger partial charge in [0.05, 0.1) is 47.1 Å². The molecule has 11 rings (SSSR count). The topological polar surface area (TPSA) is 35.9 Å². The van der Waals surface area contributed by atoms with Crippen LogP contribution in [0.2, 0.25) is 0 Å². The van der Waals surface area contributed by atoms with Crippen molar-refractivity contribution in [1.82, 2.24) is 14.1 Å². The normalized spacial score (nSPS) is 14.1. The number of nitrogens with zero attached hydrogens (tertiary/aromatic N) is 4. The van der Waals surface area contributed by atoms with Crippen LogP contribution >= 0.6 is 0 Å². The van der Waals surface area contributed by atoms with Gasteiger partial charge in [-0.05, 0) is 94.6 Å². The molecule has 0 saturated carbocycles. The van der Waals surface area contributed by atoms with E-state index in [0.29, 0.717) is 46.9 Å². The molecule has 0 aliphatic carbocycles. The SMILES string of the molecule is [2H]c1c([2H])c([2H])c(-c2cccc(-c3c([2H])c([2H])c([2H])c([2H])c3[2H])c2-[n+]2[c-]n(-c3cccc(Oc4ccc5c6ccccc6n(-c6cc(C([2H])(CC)CC)c(-c7ccccc7)cn6)c5c4)c3)c3ccccc32)c([2H])c1[2H]. The molecule has 308 valence electrons. The zero-order valence-corrected chi connectivity index (χ0v) is 35.0. The summed E-state index contributed by atoms with van der Waals surface area (Å²) in [5.74, 6) is 0.862. The lowest BCUT2D eigenvalue weighted by molar-refractivity contribution is -0.571. The average Bonchev–Trinajstić information content (AvgIpc) is 4.00. The zero-order chi connectivity index (χ0) is 52.6. The highest BCUT2D eigenvalue weighted by Gasteiger charge is 2.22. The minimum atomic E-state index is -0.858. The van der Waals surface area contributed by atoms with Gasteiger partial charge < -0.3 is 4.74 Å². The first-order chi connectivity index (χ1) is 36.1. The molecule has 64 heavy (non-hydrogen) atoms. The summed E-state index contributed by atoms with van der Waals surface area (Å²) in [5, 5.41) is 2.03. The Morgan fingerprint density at radius 1 is 0.594 bits per heavy atom. The van der Waals surface area contributed by atoms with Gasteiger partial charge in [0.1, 0.15) is 17.3 Å². The minimum Gasteiger partial charge on any atom is -0.458 e. The van der Waals surface area contributed by atoms with Crippen LogP contribution in [-0.4, -0.2) is 14.1 Å². The number of ether oxygens (including phenoxy) is 1. The minimum absolute atomic E-state index is 0.138. The van der Waals surface area contributed by atoms with Crippen molar-refractivity contribution in [3.8, 4) is 62.1 Å². The molecule has 0 aliphatic rings. The van der Waals surface area contributed by atoms with Gasteiger partial charge in [0, 0.05) is 30.0 Å². The van der Waals surface area contributed by atoms with E-state index in [0.717, 1.165) is 38.5 Å². The second kappa shape index (κ2) is 16.7. The van der Waals surface area contributed by atoms with E-state index in [1.807, 2.05) is 103 Å². The molecule has 5 nitrogen and oxygen atoms in total. The summed E-state index contributed by atoms with van der Waals surface area (Å²) in [7, 11) is 0. The smallest absolute Gasteiger partial charge is 0.269 e. The zero-order valence-electron chi connectivity index (χ0n) is 46.0. The molecule has 0 aliphatic heterocycles. The Kier molecular flexibility index (Phi) is 7.45. The molecule has 3 heterocycles. The highest BCUT2D eigenvalue weighted by atomic mass is 16.5. The summed E-state index contributed by atoms with van der Waals surface area (Å²) in [4.78, 5) is 5.08. The molecule has 0 spiro atoms. The molecule has 11 aromatic rings. The van der Waals surface area contributed by atoms with Crippen molar-refractivity contribution < 1.29 is 24.4 Å². The number of imidazole rings is 1. The van der Waals surface area contributed by atoms with Crippen LogP contribution in [0.3, 0.4) is 0 Å². The predicted molar refractivity (Wildman–Crippen MR) is 262 cm³/mol. The average molecular weight is 838 g/mol. The maximum Gasteiger partial charge on any atom is 0.269 e. The van der Waals surface area contributed by atoms with Crippen LogP contribution in [0.1, 0.15) is 53.2 Å². The highest BCUT2D eigenvalue weighted by molar-refractivity contribution is 6.09. The molecule has 0 atom stereocenters. The van der Waals surface area contributed by atoms with E-state index in [2.05, 4.69) is 55.1 Å². The van der Waals surface area contributed by atoms with Gasteiger partial charge in [0.15, 0.2) is 0 Å². The third-order valence-electron chi connectivity index (χ3n) is 11.8. The van der Waals surface area contributed by atoms with Gasteiger partial charge in [0.2, 0.25) is 0 Å². The maximum absolute atomic E-state index is 9.66. The lowest BCUT2D eigenvalue weighted by atomic mass is 9.88. The summed E-state index contributed by atoms with van der Waals surface area (Å²) >= 11 is 0. The van der Waals surface area contributed by atoms with Crippen LogP contribution in [-0.2, 0) is 0 Å². The van der Waals surface area contributed by atoms with Gasteiger partial charge in [-0.1, -0.05) is 171 Å². The van der Waals surface area contributed by atoms with Crippen molar-refractivity contribution in [3.63, 3.8) is 0 Å². The van der Waals surface area contributed by atoms with E-state index in [9.17, 15) is 1.37 Å². The largest absolute Gasteiger partial charge is 0.458 e. The molecule has 0 amide bonds. The van der Waals surface area contributed by atoms with Crippen LogP contribution in [0, 0.1) is 6.33 Å². The van der Waals surface area contributed by atoms with Gasteiger partial charge in [-0.25, -0.2) is 4.98 Å². The number of hydrogen-bond donors (Lipinski definition) is 0. The number of para-hydroxylation sites is 4. The van der Waals surface area contributed by atoms with Crippen molar-refractivity contribution in [3.05, 3.63) is 224 Å². The second-order valence-electron chi connectivity index (χ2n) is 15.4. The monoisotopic (exact) mass is 837 g/mol. The lowest BCUT2D eigenvalue weighted by Crippen LogP contribution is -2.31. The Morgan fingerprint density at radius 3 is 1.97 bits per heavy atom. The van der Waals surface area contributed by atoms with Crippen molar-refractivity contribution in [2.75, 3.05) is 0 Å². The molecule has 8 aromatic carbocycles. The van der Waals surface area contributed by atoms with Gasteiger partial charge in [0.25, 0.3) is 6.33 Å². The Labute approximate surface area is 389 Å². The van der Waals surface area contributed by atoms with E-state index in [-0.39, 0.29) is 27.9 Å². The first-order valence-electron chi connectivity index (χ1n) is 26.8. The van der Waals surface area contributed by atoms with E-state index in [1.165, 1.54) is 0 Å². The molecule has 0 radical (unpaired) electrons. The van der Waals surface area contributed by atoms with Crippen molar-refractivity contribution >= 4 is 32.8 Å². The van der Waals surface area contributed by atoms with Crippen molar-refractivity contribution in [1.29, 1.82) is 0 Å². The molecule has 0 fully saturated rings. The lowest BCUT2D eigenvalue weighted by Gasteiger charge is -2.19. The number of rotatable bonds is 11. The number of hydrogen-bond acceptors (Lipinski definition) is 2. The predicted octanol–water partition coefficient (Wildman–Crippen LogP) is 14.9. The third-order valence-corrected chi connectivity index (χ3v) is 11.8. The Balaban J connectivity index is 1.06. The van der Waals surface area contributed by atoms with Crippen molar-refractivity contribution in [2.45, 2.75) is 32.6 Å². The molecule has 0 N–H and O–H groups in total. The van der Waals surface area contributed by atoms with E-state index in [1.54, 1.807) is 27.3 Å². The van der Waals surface area contributed by atoms with E-state index < -0.39 is 66.3 Å². The second-order valence-corrected chi connectivity index (χ2v) is 15.4. The van der Waals surface area contributed by atoms with Crippen LogP contribution in [0.4, 0.5) is 0 Å². The number of benzene rings is 8. The summed E-state index contributed by atoms with van der Waals surface area (Å²) < 4.78 is 109. The third kappa shape index (κ3) is 6.92. The summed E-state index contributed by atoms with van der Waals surface area (Å²) in [6.07, 6.45) is 6.56. The fourth-order valence-electron chi connectivity index (χ4n) is 8.80. The van der Waals surface area contributed by atoms with Crippen LogP contribution in [0.25, 0.3) is 83.4 Å². The first kappa shape index (κ1) is 28.6. The molecule has 0 unspecified atom stereocenters. The summed E-state index contributed by atoms with van der Waals surface area (Å²) in [6, 6.07) is 40.5. The van der Waals surface area contributed by atoms with Gasteiger partial charge in [-0.15, -0.1) is 0 Å².